The highest BCUT2D eigenvalue weighted by molar-refractivity contribution is 6.30. The lowest BCUT2D eigenvalue weighted by Gasteiger charge is -2.27. The van der Waals surface area contributed by atoms with Crippen LogP contribution in [0, 0.1) is 0 Å². The zero-order valence-corrected chi connectivity index (χ0v) is 20.2. The van der Waals surface area contributed by atoms with Gasteiger partial charge in [0.1, 0.15) is 5.76 Å². The highest BCUT2D eigenvalue weighted by atomic mass is 35.5. The Balaban J connectivity index is 1.55. The maximum atomic E-state index is 13.3. The smallest absolute Gasteiger partial charge is 0.265 e. The molecule has 1 fully saturated rings. The maximum Gasteiger partial charge on any atom is 0.265 e. The molecule has 1 aliphatic rings. The number of hydrogen-bond donors (Lipinski definition) is 1. The standard InChI is InChI=1S/C28H28ClN3O3/c29-20-9-7-10-21(17-20)32-27(33)23-12-4-3-11-22(23)24(28(32)34)18-30-19-25(26-13-8-16-35-26)31-14-5-1-2-6-15-31/h3-4,7-13,16-18,25,34H,1-2,5-6,14-15,19H2/t25-/m1/s1. The molecule has 0 aliphatic carbocycles. The van der Waals surface area contributed by atoms with Crippen LogP contribution in [0.4, 0.5) is 0 Å². The van der Waals surface area contributed by atoms with Crippen LogP contribution in [-0.4, -0.2) is 40.4 Å². The van der Waals surface area contributed by atoms with Crippen LogP contribution in [0.2, 0.25) is 5.02 Å². The average molecular weight is 490 g/mol. The Hall–Kier alpha value is -3.35. The minimum Gasteiger partial charge on any atom is -0.494 e. The third-order valence-corrected chi connectivity index (χ3v) is 6.86. The van der Waals surface area contributed by atoms with Crippen molar-refractivity contribution in [3.63, 3.8) is 0 Å². The van der Waals surface area contributed by atoms with Gasteiger partial charge in [0.15, 0.2) is 0 Å². The molecule has 1 atom stereocenters. The second kappa shape index (κ2) is 10.5. The van der Waals surface area contributed by atoms with E-state index < -0.39 is 0 Å². The number of likely N-dealkylation sites (tertiary alicyclic amines) is 1. The number of aromatic nitrogens is 1. The molecule has 0 saturated carbocycles. The topological polar surface area (TPSA) is 71.0 Å². The second-order valence-electron chi connectivity index (χ2n) is 8.88. The van der Waals surface area contributed by atoms with Crippen molar-refractivity contribution in [2.24, 2.45) is 4.99 Å². The molecule has 35 heavy (non-hydrogen) atoms. The Morgan fingerprint density at radius 3 is 2.49 bits per heavy atom. The monoisotopic (exact) mass is 489 g/mol. The summed E-state index contributed by atoms with van der Waals surface area (Å²) in [5, 5.41) is 12.9. The number of halogens is 1. The largest absolute Gasteiger partial charge is 0.494 e. The zero-order chi connectivity index (χ0) is 24.2. The Kier molecular flexibility index (Phi) is 7.02. The fourth-order valence-corrected chi connectivity index (χ4v) is 5.05. The number of pyridine rings is 1. The fourth-order valence-electron chi connectivity index (χ4n) is 4.86. The minimum absolute atomic E-state index is 0.0200. The van der Waals surface area contributed by atoms with Gasteiger partial charge in [-0.2, -0.15) is 0 Å². The molecule has 180 valence electrons. The first-order valence-corrected chi connectivity index (χ1v) is 12.4. The van der Waals surface area contributed by atoms with E-state index >= 15 is 0 Å². The molecule has 0 spiro atoms. The molecule has 0 amide bonds. The second-order valence-corrected chi connectivity index (χ2v) is 9.32. The molecule has 5 rings (SSSR count). The van der Waals surface area contributed by atoms with Crippen molar-refractivity contribution < 1.29 is 9.52 Å². The number of aliphatic imine (C=N–C) groups is 1. The third-order valence-electron chi connectivity index (χ3n) is 6.62. The van der Waals surface area contributed by atoms with Crippen molar-refractivity contribution in [3.05, 3.63) is 93.6 Å². The van der Waals surface area contributed by atoms with Crippen molar-refractivity contribution in [3.8, 4) is 11.6 Å². The molecule has 0 bridgehead atoms. The van der Waals surface area contributed by atoms with Crippen LogP contribution >= 0.6 is 11.6 Å². The van der Waals surface area contributed by atoms with Gasteiger partial charge in [0, 0.05) is 22.0 Å². The fraction of sp³-hybridized carbons (Fsp3) is 0.286. The van der Waals surface area contributed by atoms with Crippen molar-refractivity contribution >= 4 is 28.6 Å². The van der Waals surface area contributed by atoms with Crippen LogP contribution < -0.4 is 5.56 Å². The van der Waals surface area contributed by atoms with Crippen molar-refractivity contribution in [2.45, 2.75) is 31.7 Å². The molecule has 3 heterocycles. The lowest BCUT2D eigenvalue weighted by Crippen LogP contribution is -2.31. The maximum absolute atomic E-state index is 13.3. The summed E-state index contributed by atoms with van der Waals surface area (Å²) in [5.74, 6) is 0.728. The van der Waals surface area contributed by atoms with E-state index in [-0.39, 0.29) is 17.5 Å². The van der Waals surface area contributed by atoms with E-state index in [1.54, 1.807) is 42.8 Å². The van der Waals surface area contributed by atoms with Gasteiger partial charge in [-0.25, -0.2) is 4.57 Å². The third kappa shape index (κ3) is 4.90. The lowest BCUT2D eigenvalue weighted by molar-refractivity contribution is 0.186. The van der Waals surface area contributed by atoms with E-state index in [2.05, 4.69) is 4.90 Å². The summed E-state index contributed by atoms with van der Waals surface area (Å²) in [6, 6.07) is 18.1. The Labute approximate surface area is 209 Å². The Bertz CT molecular complexity index is 1390. The Morgan fingerprint density at radius 2 is 1.77 bits per heavy atom. The van der Waals surface area contributed by atoms with E-state index in [1.807, 2.05) is 30.3 Å². The van der Waals surface area contributed by atoms with Crippen LogP contribution in [0.1, 0.15) is 43.0 Å². The molecular formula is C28H28ClN3O3. The first-order chi connectivity index (χ1) is 17.1. The summed E-state index contributed by atoms with van der Waals surface area (Å²) in [5.41, 5.74) is 0.684. The van der Waals surface area contributed by atoms with Crippen molar-refractivity contribution in [1.82, 2.24) is 9.47 Å². The van der Waals surface area contributed by atoms with E-state index in [1.165, 1.54) is 17.4 Å². The van der Waals surface area contributed by atoms with E-state index in [0.717, 1.165) is 31.7 Å². The summed E-state index contributed by atoms with van der Waals surface area (Å²) < 4.78 is 7.05. The molecule has 2 aromatic carbocycles. The van der Waals surface area contributed by atoms with Gasteiger partial charge in [0.05, 0.1) is 30.1 Å². The quantitative estimate of drug-likeness (QED) is 0.338. The lowest BCUT2D eigenvalue weighted by atomic mass is 10.1. The number of furan rings is 1. The summed E-state index contributed by atoms with van der Waals surface area (Å²) >= 11 is 6.17. The van der Waals surface area contributed by atoms with Gasteiger partial charge in [0.25, 0.3) is 5.56 Å². The molecule has 0 unspecified atom stereocenters. The zero-order valence-electron chi connectivity index (χ0n) is 19.4. The van der Waals surface area contributed by atoms with Crippen molar-refractivity contribution in [2.75, 3.05) is 19.6 Å². The molecule has 1 saturated heterocycles. The molecular weight excluding hydrogens is 462 g/mol. The number of fused-ring (bicyclic) bond motifs is 1. The summed E-state index contributed by atoms with van der Waals surface area (Å²) in [4.78, 5) is 20.5. The van der Waals surface area contributed by atoms with Gasteiger partial charge < -0.3 is 9.52 Å². The van der Waals surface area contributed by atoms with Gasteiger partial charge in [-0.3, -0.25) is 14.7 Å². The summed E-state index contributed by atoms with van der Waals surface area (Å²) in [6.45, 7) is 2.50. The highest BCUT2D eigenvalue weighted by Crippen LogP contribution is 2.28. The normalized spacial score (nSPS) is 16.0. The van der Waals surface area contributed by atoms with Crippen LogP contribution in [0.3, 0.4) is 0 Å². The number of benzene rings is 2. The number of aromatic hydroxyl groups is 1. The molecule has 4 aromatic rings. The molecule has 6 nitrogen and oxygen atoms in total. The summed E-state index contributed by atoms with van der Waals surface area (Å²) in [6.07, 6.45) is 8.19. The SMILES string of the molecule is O=c1c2ccccc2c(C=NC[C@H](c2ccco2)N2CCCCCC2)c(O)n1-c1cccc(Cl)c1. The van der Waals surface area contributed by atoms with Crippen LogP contribution in [0.25, 0.3) is 16.5 Å². The van der Waals surface area contributed by atoms with E-state index in [0.29, 0.717) is 33.6 Å². The minimum atomic E-state index is -0.310. The van der Waals surface area contributed by atoms with Crippen LogP contribution in [0.15, 0.2) is 81.1 Å². The average Bonchev–Trinajstić information content (AvgIpc) is 3.26. The molecule has 1 N–H and O–H groups in total. The molecule has 2 aromatic heterocycles. The van der Waals surface area contributed by atoms with E-state index in [4.69, 9.17) is 21.0 Å². The molecule has 0 radical (unpaired) electrons. The molecule has 7 heteroatoms. The van der Waals surface area contributed by atoms with Crippen LogP contribution in [0.5, 0.6) is 5.88 Å². The Morgan fingerprint density at radius 1 is 1.00 bits per heavy atom. The van der Waals surface area contributed by atoms with Gasteiger partial charge in [-0.15, -0.1) is 0 Å². The number of hydrogen-bond acceptors (Lipinski definition) is 5. The molecule has 1 aliphatic heterocycles. The number of nitrogens with zero attached hydrogens (tertiary/aromatic N) is 3. The summed E-state index contributed by atoms with van der Waals surface area (Å²) in [7, 11) is 0. The van der Waals surface area contributed by atoms with Gasteiger partial charge in [-0.05, 0) is 62.3 Å². The predicted molar refractivity (Wildman–Crippen MR) is 140 cm³/mol. The van der Waals surface area contributed by atoms with Gasteiger partial charge in [-0.1, -0.05) is 48.7 Å². The predicted octanol–water partition coefficient (Wildman–Crippen LogP) is 5.98. The van der Waals surface area contributed by atoms with E-state index in [9.17, 15) is 9.90 Å². The van der Waals surface area contributed by atoms with Gasteiger partial charge in [0.2, 0.25) is 5.88 Å². The number of rotatable bonds is 6. The highest BCUT2D eigenvalue weighted by Gasteiger charge is 2.23. The van der Waals surface area contributed by atoms with Crippen LogP contribution in [-0.2, 0) is 0 Å². The first-order valence-electron chi connectivity index (χ1n) is 12.0. The van der Waals surface area contributed by atoms with Crippen molar-refractivity contribution in [1.29, 1.82) is 0 Å². The van der Waals surface area contributed by atoms with Gasteiger partial charge >= 0.3 is 0 Å². The first kappa shape index (κ1) is 23.4.